The summed E-state index contributed by atoms with van der Waals surface area (Å²) in [5, 5.41) is 69.7. The Hall–Kier alpha value is -0.930. The van der Waals surface area contributed by atoms with E-state index in [4.69, 9.17) is 18.9 Å². The molecule has 200 valence electrons. The van der Waals surface area contributed by atoms with Crippen molar-refractivity contribution in [3.05, 3.63) is 0 Å². The smallest absolute Gasteiger partial charge is 0.305 e. The van der Waals surface area contributed by atoms with E-state index >= 15 is 0 Å². The van der Waals surface area contributed by atoms with Crippen molar-refractivity contribution < 1.29 is 59.5 Å². The molecular weight excluding hydrogens is 456 g/mol. The van der Waals surface area contributed by atoms with E-state index in [1.807, 2.05) is 0 Å². The average molecular weight is 497 g/mol. The zero-order chi connectivity index (χ0) is 25.3. The highest BCUT2D eigenvalue weighted by molar-refractivity contribution is 5.69. The summed E-state index contributed by atoms with van der Waals surface area (Å²) in [6.45, 7) is 1.05. The lowest BCUT2D eigenvalue weighted by Crippen LogP contribution is -2.63. The van der Waals surface area contributed by atoms with E-state index < -0.39 is 80.6 Å². The fourth-order valence-electron chi connectivity index (χ4n) is 3.95. The topological polar surface area (TPSA) is 196 Å². The van der Waals surface area contributed by atoms with E-state index in [1.54, 1.807) is 0 Å². The number of carbonyl (C=O) groups is 1. The van der Waals surface area contributed by atoms with Gasteiger partial charge in [-0.2, -0.15) is 0 Å². The van der Waals surface area contributed by atoms with Crippen LogP contribution in [-0.4, -0.2) is 116 Å². The number of esters is 1. The van der Waals surface area contributed by atoms with Gasteiger partial charge in [0.25, 0.3) is 0 Å². The molecule has 2 heterocycles. The Balaban J connectivity index is 1.83. The molecule has 7 N–H and O–H groups in total. The van der Waals surface area contributed by atoms with E-state index in [9.17, 15) is 40.5 Å². The van der Waals surface area contributed by atoms with Crippen LogP contribution in [0.15, 0.2) is 0 Å². The zero-order valence-electron chi connectivity index (χ0n) is 19.5. The van der Waals surface area contributed by atoms with Gasteiger partial charge in [0.1, 0.15) is 55.4 Å². The summed E-state index contributed by atoms with van der Waals surface area (Å²) in [5.74, 6) is -0.489. The van der Waals surface area contributed by atoms with Crippen molar-refractivity contribution in [3.63, 3.8) is 0 Å². The third kappa shape index (κ3) is 8.05. The van der Waals surface area contributed by atoms with Crippen molar-refractivity contribution in [2.75, 3.05) is 13.2 Å². The second-order valence-corrected chi connectivity index (χ2v) is 8.90. The largest absolute Gasteiger partial charge is 0.463 e. The summed E-state index contributed by atoms with van der Waals surface area (Å²) in [5.41, 5.74) is 0. The van der Waals surface area contributed by atoms with Crippen LogP contribution in [0.5, 0.6) is 0 Å². The Kier molecular flexibility index (Phi) is 12.6. The van der Waals surface area contributed by atoms with Gasteiger partial charge in [0.2, 0.25) is 0 Å². The summed E-state index contributed by atoms with van der Waals surface area (Å²) in [7, 11) is 0. The first kappa shape index (κ1) is 29.3. The summed E-state index contributed by atoms with van der Waals surface area (Å²) in [4.78, 5) is 12.0. The Morgan fingerprint density at radius 1 is 0.706 bits per heavy atom. The van der Waals surface area contributed by atoms with Crippen LogP contribution in [0.1, 0.15) is 58.3 Å². The number of unbranched alkanes of at least 4 members (excludes halogenated alkanes) is 6. The lowest BCUT2D eigenvalue weighted by molar-refractivity contribution is -0.376. The summed E-state index contributed by atoms with van der Waals surface area (Å²) in [6.07, 6.45) is -8.41. The molecule has 10 atom stereocenters. The van der Waals surface area contributed by atoms with Crippen LogP contribution < -0.4 is 0 Å². The van der Waals surface area contributed by atoms with Crippen LogP contribution in [0.25, 0.3) is 0 Å². The molecule has 2 aliphatic heterocycles. The molecular formula is C22H40O12. The summed E-state index contributed by atoms with van der Waals surface area (Å²) in [6, 6.07) is 0. The van der Waals surface area contributed by atoms with Gasteiger partial charge in [0, 0.05) is 6.42 Å². The first-order chi connectivity index (χ1) is 16.2. The van der Waals surface area contributed by atoms with Gasteiger partial charge in [-0.3, -0.25) is 4.79 Å². The van der Waals surface area contributed by atoms with Crippen LogP contribution in [0, 0.1) is 0 Å². The summed E-state index contributed by atoms with van der Waals surface area (Å²) < 4.78 is 21.1. The predicted molar refractivity (Wildman–Crippen MR) is 115 cm³/mol. The fourth-order valence-corrected chi connectivity index (χ4v) is 3.95. The van der Waals surface area contributed by atoms with Crippen LogP contribution in [0.4, 0.5) is 0 Å². The number of aliphatic hydroxyl groups is 7. The lowest BCUT2D eigenvalue weighted by atomic mass is 9.98. The molecule has 2 aliphatic rings. The minimum Gasteiger partial charge on any atom is -0.463 e. The van der Waals surface area contributed by atoms with E-state index in [0.717, 1.165) is 19.3 Å². The molecule has 0 radical (unpaired) electrons. The molecule has 0 bridgehead atoms. The Morgan fingerprint density at radius 3 is 1.76 bits per heavy atom. The maximum Gasteiger partial charge on any atom is 0.305 e. The monoisotopic (exact) mass is 496 g/mol. The van der Waals surface area contributed by atoms with Gasteiger partial charge in [-0.25, -0.2) is 0 Å². The first-order valence-corrected chi connectivity index (χ1v) is 12.0. The quantitative estimate of drug-likeness (QED) is 0.113. The van der Waals surface area contributed by atoms with Gasteiger partial charge in [0.05, 0.1) is 6.61 Å². The molecule has 34 heavy (non-hydrogen) atoms. The second-order valence-electron chi connectivity index (χ2n) is 8.90. The van der Waals surface area contributed by atoms with Crippen molar-refractivity contribution in [1.29, 1.82) is 0 Å². The fraction of sp³-hybridized carbons (Fsp3) is 0.955. The Labute approximate surface area is 199 Å². The predicted octanol–water partition coefficient (Wildman–Crippen LogP) is -1.71. The van der Waals surface area contributed by atoms with Crippen LogP contribution in [0.2, 0.25) is 0 Å². The standard InChI is InChI=1S/C22H40O12/c1-2-3-4-5-6-7-8-9-14(24)31-11-13-16(26)18(28)20(30)22(33-13)34-21-19(29)17(27)15(25)12(10-23)32-21/h12-13,15-23,25-30H,2-11H2,1H3/t12-,13-,15-,16-,17+,18+,19-,20-,21-,22-/m1/s1. The van der Waals surface area contributed by atoms with Gasteiger partial charge < -0.3 is 54.7 Å². The van der Waals surface area contributed by atoms with Gasteiger partial charge in [-0.05, 0) is 6.42 Å². The number of rotatable bonds is 13. The van der Waals surface area contributed by atoms with Crippen LogP contribution >= 0.6 is 0 Å². The zero-order valence-corrected chi connectivity index (χ0v) is 19.5. The Bertz CT molecular complexity index is 590. The first-order valence-electron chi connectivity index (χ1n) is 12.0. The molecule has 0 aromatic carbocycles. The van der Waals surface area contributed by atoms with Gasteiger partial charge >= 0.3 is 5.97 Å². The van der Waals surface area contributed by atoms with Gasteiger partial charge in [-0.1, -0.05) is 45.4 Å². The van der Waals surface area contributed by atoms with Crippen LogP contribution in [0.3, 0.4) is 0 Å². The normalized spacial score (nSPS) is 38.6. The Morgan fingerprint density at radius 2 is 1.21 bits per heavy atom. The number of carbonyl (C=O) groups excluding carboxylic acids is 1. The minimum absolute atomic E-state index is 0.201. The highest BCUT2D eigenvalue weighted by Crippen LogP contribution is 2.28. The molecule has 0 spiro atoms. The third-order valence-corrected chi connectivity index (χ3v) is 6.18. The van der Waals surface area contributed by atoms with Crippen molar-refractivity contribution in [3.8, 4) is 0 Å². The molecule has 12 heteroatoms. The second kappa shape index (κ2) is 14.6. The lowest BCUT2D eigenvalue weighted by Gasteiger charge is -2.44. The molecule has 2 rings (SSSR count). The highest BCUT2D eigenvalue weighted by atomic mass is 16.8. The number of hydrogen-bond donors (Lipinski definition) is 7. The van der Waals surface area contributed by atoms with Crippen molar-refractivity contribution in [2.24, 2.45) is 0 Å². The maximum atomic E-state index is 12.0. The van der Waals surface area contributed by atoms with Crippen molar-refractivity contribution >= 4 is 5.97 Å². The highest BCUT2D eigenvalue weighted by Gasteiger charge is 2.49. The maximum absolute atomic E-state index is 12.0. The van der Waals surface area contributed by atoms with E-state index in [2.05, 4.69) is 6.92 Å². The van der Waals surface area contributed by atoms with Crippen molar-refractivity contribution in [1.82, 2.24) is 0 Å². The molecule has 0 amide bonds. The summed E-state index contributed by atoms with van der Waals surface area (Å²) >= 11 is 0. The van der Waals surface area contributed by atoms with Crippen LogP contribution in [-0.2, 0) is 23.7 Å². The van der Waals surface area contributed by atoms with E-state index in [-0.39, 0.29) is 6.42 Å². The molecule has 0 aliphatic carbocycles. The molecule has 2 saturated heterocycles. The number of hydrogen-bond acceptors (Lipinski definition) is 12. The van der Waals surface area contributed by atoms with E-state index in [1.165, 1.54) is 19.3 Å². The number of ether oxygens (including phenoxy) is 4. The minimum atomic E-state index is -1.76. The van der Waals surface area contributed by atoms with Crippen molar-refractivity contribution in [2.45, 2.75) is 120 Å². The van der Waals surface area contributed by atoms with E-state index in [0.29, 0.717) is 6.42 Å². The third-order valence-electron chi connectivity index (χ3n) is 6.18. The molecule has 0 saturated carbocycles. The number of aliphatic hydroxyl groups excluding tert-OH is 7. The SMILES string of the molecule is CCCCCCCCCC(=O)OC[C@H]1O[C@H](O[C@H]2O[C@H](CO)[C@@H](O)[C@H](O)[C@H]2O)[C@H](O)[C@@H](O)[C@@H]1O. The molecule has 0 unspecified atom stereocenters. The van der Waals surface area contributed by atoms with Gasteiger partial charge in [-0.15, -0.1) is 0 Å². The average Bonchev–Trinajstić information content (AvgIpc) is 2.83. The molecule has 12 nitrogen and oxygen atoms in total. The molecule has 0 aromatic heterocycles. The molecule has 2 fully saturated rings. The van der Waals surface area contributed by atoms with Gasteiger partial charge in [0.15, 0.2) is 12.6 Å². The molecule has 0 aromatic rings.